The van der Waals surface area contributed by atoms with Crippen LogP contribution in [0.4, 0.5) is 0 Å². The first-order valence-electron chi connectivity index (χ1n) is 11.7. The number of benzene rings is 1. The van der Waals surface area contributed by atoms with E-state index in [2.05, 4.69) is 53.3 Å². The van der Waals surface area contributed by atoms with Crippen molar-refractivity contribution in [3.05, 3.63) is 83.8 Å². The minimum Gasteiger partial charge on any atom is -0.456 e. The van der Waals surface area contributed by atoms with E-state index in [0.717, 1.165) is 17.8 Å². The van der Waals surface area contributed by atoms with Crippen molar-refractivity contribution in [2.75, 3.05) is 0 Å². The molecule has 0 spiro atoms. The summed E-state index contributed by atoms with van der Waals surface area (Å²) in [4.78, 5) is 9.05. The summed E-state index contributed by atoms with van der Waals surface area (Å²) >= 11 is 1.43. The van der Waals surface area contributed by atoms with E-state index in [-0.39, 0.29) is 0 Å². The number of rotatable bonds is 5. The van der Waals surface area contributed by atoms with Crippen LogP contribution in [-0.2, 0) is 4.74 Å². The Morgan fingerprint density at radius 2 is 1.97 bits per heavy atom. The lowest BCUT2D eigenvalue weighted by molar-refractivity contribution is 0.385. The van der Waals surface area contributed by atoms with Crippen LogP contribution in [0.25, 0.3) is 61.4 Å². The number of ether oxygens (including phenoxy) is 1. The van der Waals surface area contributed by atoms with E-state index in [9.17, 15) is 0 Å². The van der Waals surface area contributed by atoms with Crippen LogP contribution in [0.15, 0.2) is 85.4 Å². The molecule has 13 heteroatoms. The average molecular weight is 534 g/mol. The molecule has 2 aliphatic rings. The van der Waals surface area contributed by atoms with Gasteiger partial charge in [0.2, 0.25) is 5.89 Å². The summed E-state index contributed by atoms with van der Waals surface area (Å²) < 4.78 is 23.5. The molecule has 0 bridgehead atoms. The molecule has 12 nitrogen and oxygen atoms in total. The number of allylic oxidation sites excluding steroid dienone is 6. The molecule has 0 fully saturated rings. The van der Waals surface area contributed by atoms with Gasteiger partial charge in [-0.25, -0.2) is 15.1 Å². The number of nitrogens with one attached hydrogen (secondary N) is 1. The van der Waals surface area contributed by atoms with Gasteiger partial charge in [-0.2, -0.15) is 0 Å². The van der Waals surface area contributed by atoms with Gasteiger partial charge in [0, 0.05) is 38.9 Å². The van der Waals surface area contributed by atoms with E-state index in [1.54, 1.807) is 12.4 Å². The van der Waals surface area contributed by atoms with Crippen molar-refractivity contribution in [2.24, 2.45) is 0 Å². The zero-order valence-electron chi connectivity index (χ0n) is 19.7. The quantitative estimate of drug-likeness (QED) is 0.303. The van der Waals surface area contributed by atoms with Crippen molar-refractivity contribution in [1.82, 2.24) is 41.0 Å². The van der Waals surface area contributed by atoms with Gasteiger partial charge in [0.05, 0.1) is 17.3 Å². The Bertz CT molecular complexity index is 1950. The Hall–Kier alpha value is -5.43. The SMILES string of the molecule is [c]1oc2c(-c3ncco3)c(-c3nccs3)c(-c3conn3)c(-c3nnn[nH]3)c2c1C1=CC=C2CC=CC=C2O1. The number of oxazole rings is 1. The van der Waals surface area contributed by atoms with Crippen molar-refractivity contribution in [3.8, 4) is 44.7 Å². The largest absolute Gasteiger partial charge is 0.456 e. The van der Waals surface area contributed by atoms with E-state index in [1.807, 2.05) is 29.7 Å². The molecule has 5 aromatic heterocycles. The van der Waals surface area contributed by atoms with Gasteiger partial charge in [-0.1, -0.05) is 18.2 Å². The molecule has 0 unspecified atom stereocenters. The second-order valence-corrected chi connectivity index (χ2v) is 9.38. The first-order chi connectivity index (χ1) is 19.4. The fraction of sp³-hybridized carbons (Fsp3) is 0.0385. The van der Waals surface area contributed by atoms with Crippen LogP contribution < -0.4 is 0 Å². The highest BCUT2D eigenvalue weighted by atomic mass is 32.1. The molecular weight excluding hydrogens is 520 g/mol. The second kappa shape index (κ2) is 8.56. The second-order valence-electron chi connectivity index (χ2n) is 8.49. The van der Waals surface area contributed by atoms with Gasteiger partial charge in [-0.05, 0) is 34.6 Å². The predicted octanol–water partition coefficient (Wildman–Crippen LogP) is 5.38. The number of tetrazole rings is 1. The minimum atomic E-state index is 0.320. The molecule has 0 saturated carbocycles. The molecule has 0 saturated heterocycles. The van der Waals surface area contributed by atoms with Crippen molar-refractivity contribution in [3.63, 3.8) is 0 Å². The molecule has 1 aliphatic carbocycles. The molecule has 6 heterocycles. The molecular formula is C26H13N8O4S. The Labute approximate surface area is 222 Å². The normalized spacial score (nSPS) is 14.6. The van der Waals surface area contributed by atoms with Gasteiger partial charge >= 0.3 is 0 Å². The number of fused-ring (bicyclic) bond motifs is 2. The van der Waals surface area contributed by atoms with Crippen molar-refractivity contribution in [1.29, 1.82) is 0 Å². The van der Waals surface area contributed by atoms with E-state index >= 15 is 0 Å². The van der Waals surface area contributed by atoms with Crippen LogP contribution in [0.2, 0.25) is 0 Å². The zero-order valence-corrected chi connectivity index (χ0v) is 20.5. The Kier molecular flexibility index (Phi) is 4.75. The summed E-state index contributed by atoms with van der Waals surface area (Å²) in [7, 11) is 0. The fourth-order valence-corrected chi connectivity index (χ4v) is 5.50. The molecule has 6 aromatic rings. The summed E-state index contributed by atoms with van der Waals surface area (Å²) in [6.07, 6.45) is 19.9. The summed E-state index contributed by atoms with van der Waals surface area (Å²) in [5, 5.41) is 25.9. The van der Waals surface area contributed by atoms with Gasteiger partial charge in [0.1, 0.15) is 34.1 Å². The Morgan fingerprint density at radius 3 is 2.77 bits per heavy atom. The maximum absolute atomic E-state index is 6.33. The lowest BCUT2D eigenvalue weighted by Crippen LogP contribution is -2.03. The first-order valence-corrected chi connectivity index (χ1v) is 12.6. The summed E-state index contributed by atoms with van der Waals surface area (Å²) in [6.45, 7) is 0. The monoisotopic (exact) mass is 533 g/mol. The van der Waals surface area contributed by atoms with Crippen molar-refractivity contribution >= 4 is 28.1 Å². The Morgan fingerprint density at radius 1 is 0.974 bits per heavy atom. The highest BCUT2D eigenvalue weighted by molar-refractivity contribution is 7.13. The number of aromatic nitrogens is 8. The number of hydrogen-bond acceptors (Lipinski definition) is 12. The van der Waals surface area contributed by atoms with E-state index in [0.29, 0.717) is 67.0 Å². The topological polar surface area (TPSA) is 155 Å². The van der Waals surface area contributed by atoms with Crippen LogP contribution in [0.5, 0.6) is 0 Å². The lowest BCUT2D eigenvalue weighted by Gasteiger charge is -2.20. The number of thiazole rings is 1. The first kappa shape index (κ1) is 21.6. The van der Waals surface area contributed by atoms with Crippen LogP contribution >= 0.6 is 11.3 Å². The number of furan rings is 1. The standard InChI is InChI=1S/C26H13N8O4S/c1-2-4-16-13(3-1)5-6-17(38-16)14-11-36-23-18(14)20(24-30-32-33-31-24)19(15-12-37-34-29-15)21(26-28-8-10-39-26)22(23)25-27-7-9-35-25/h1-2,4-10,12H,3H2,(H,30,31,32,33). The van der Waals surface area contributed by atoms with E-state index in [1.165, 1.54) is 23.9 Å². The molecule has 1 N–H and O–H groups in total. The average Bonchev–Trinajstić information content (AvgIpc) is 3.82. The Balaban J connectivity index is 1.54. The maximum atomic E-state index is 6.33. The molecule has 8 rings (SSSR count). The van der Waals surface area contributed by atoms with Gasteiger partial charge in [0.25, 0.3) is 0 Å². The number of nitrogens with zero attached hydrogens (tertiary/aromatic N) is 7. The third-order valence-electron chi connectivity index (χ3n) is 6.39. The lowest BCUT2D eigenvalue weighted by atomic mass is 9.88. The third kappa shape index (κ3) is 3.33. The summed E-state index contributed by atoms with van der Waals surface area (Å²) in [5.74, 6) is 1.98. The fourth-order valence-electron chi connectivity index (χ4n) is 4.81. The number of hydrogen-bond donors (Lipinski definition) is 1. The van der Waals surface area contributed by atoms with E-state index < -0.39 is 0 Å². The molecule has 187 valence electrons. The molecule has 39 heavy (non-hydrogen) atoms. The van der Waals surface area contributed by atoms with Crippen molar-refractivity contribution < 1.29 is 18.1 Å². The third-order valence-corrected chi connectivity index (χ3v) is 7.18. The highest BCUT2D eigenvalue weighted by Crippen LogP contribution is 2.52. The summed E-state index contributed by atoms with van der Waals surface area (Å²) in [6, 6.07) is 0. The molecule has 1 aliphatic heterocycles. The molecule has 0 atom stereocenters. The highest BCUT2D eigenvalue weighted by Gasteiger charge is 2.34. The van der Waals surface area contributed by atoms with Gasteiger partial charge in [-0.15, -0.1) is 21.5 Å². The van der Waals surface area contributed by atoms with Gasteiger partial charge in [0.15, 0.2) is 18.4 Å². The maximum Gasteiger partial charge on any atom is 0.230 e. The zero-order chi connectivity index (χ0) is 25.8. The van der Waals surface area contributed by atoms with Crippen molar-refractivity contribution in [2.45, 2.75) is 6.42 Å². The predicted molar refractivity (Wildman–Crippen MR) is 137 cm³/mol. The number of aromatic amines is 1. The van der Waals surface area contributed by atoms with E-state index in [4.69, 9.17) is 18.1 Å². The number of H-pyrrole nitrogens is 1. The van der Waals surface area contributed by atoms with Crippen LogP contribution in [0.3, 0.4) is 0 Å². The van der Waals surface area contributed by atoms with Crippen LogP contribution in [-0.4, -0.2) is 41.0 Å². The van der Waals surface area contributed by atoms with Crippen LogP contribution in [0, 0.1) is 6.26 Å². The molecule has 1 radical (unpaired) electrons. The minimum absolute atomic E-state index is 0.320. The molecule has 0 amide bonds. The summed E-state index contributed by atoms with van der Waals surface area (Å²) in [5.41, 5.74) is 4.84. The van der Waals surface area contributed by atoms with Gasteiger partial charge in [-0.3, -0.25) is 0 Å². The smallest absolute Gasteiger partial charge is 0.230 e. The van der Waals surface area contributed by atoms with Gasteiger partial charge < -0.3 is 18.1 Å². The molecule has 1 aromatic carbocycles. The van der Waals surface area contributed by atoms with Crippen LogP contribution in [0.1, 0.15) is 12.0 Å².